The molecular weight excluding hydrogens is 280 g/mol. The Hall–Kier alpha value is -1.44. The highest BCUT2D eigenvalue weighted by atomic mass is 15.1. The van der Waals surface area contributed by atoms with E-state index in [0.29, 0.717) is 10.8 Å². The molecule has 3 aliphatic carbocycles. The quantitative estimate of drug-likeness (QED) is 0.474. The predicted molar refractivity (Wildman–Crippen MR) is 101 cm³/mol. The summed E-state index contributed by atoms with van der Waals surface area (Å²) in [6, 6.07) is 0. The lowest BCUT2D eigenvalue weighted by atomic mass is 9.51. The summed E-state index contributed by atoms with van der Waals surface area (Å²) in [5.74, 6) is 0. The van der Waals surface area contributed by atoms with E-state index in [1.54, 1.807) is 0 Å². The van der Waals surface area contributed by atoms with Gasteiger partial charge in [-0.1, -0.05) is 38.8 Å². The fourth-order valence-corrected chi connectivity index (χ4v) is 4.31. The molecule has 0 heterocycles. The van der Waals surface area contributed by atoms with E-state index >= 15 is 0 Å². The van der Waals surface area contributed by atoms with Gasteiger partial charge in [0, 0.05) is 25.8 Å². The van der Waals surface area contributed by atoms with Gasteiger partial charge in [-0.15, -0.1) is 0 Å². The number of fused-ring (bicyclic) bond motifs is 3. The van der Waals surface area contributed by atoms with Crippen molar-refractivity contribution in [1.82, 2.24) is 10.2 Å². The molecule has 3 rings (SSSR count). The van der Waals surface area contributed by atoms with E-state index in [4.69, 9.17) is 0 Å². The van der Waals surface area contributed by atoms with Crippen molar-refractivity contribution in [2.75, 3.05) is 20.1 Å². The first-order valence-corrected chi connectivity index (χ1v) is 8.98. The SMILES string of the molecule is C=CN(C)CC(=C)C(=C)NCC12CCC(C(=C)CC)(CC1)CC2. The molecule has 0 aromatic carbocycles. The third-order valence-electron chi connectivity index (χ3n) is 6.43. The molecule has 3 saturated carbocycles. The number of hydrogen-bond donors (Lipinski definition) is 1. The zero-order valence-electron chi connectivity index (χ0n) is 15.2. The molecule has 128 valence electrons. The number of nitrogens with one attached hydrogen (secondary N) is 1. The van der Waals surface area contributed by atoms with Crippen LogP contribution in [0.1, 0.15) is 51.9 Å². The average molecular weight is 315 g/mol. The Bertz CT molecular complexity index is 475. The van der Waals surface area contributed by atoms with Crippen molar-refractivity contribution in [1.29, 1.82) is 0 Å². The Kier molecular flexibility index (Phi) is 5.44. The van der Waals surface area contributed by atoms with Crippen molar-refractivity contribution in [3.63, 3.8) is 0 Å². The normalized spacial score (nSPS) is 29.0. The molecular formula is C21H34N2. The van der Waals surface area contributed by atoms with Crippen LogP contribution in [0.5, 0.6) is 0 Å². The van der Waals surface area contributed by atoms with Crippen LogP contribution < -0.4 is 5.32 Å². The van der Waals surface area contributed by atoms with Gasteiger partial charge < -0.3 is 10.2 Å². The van der Waals surface area contributed by atoms with Gasteiger partial charge in [-0.05, 0) is 67.5 Å². The van der Waals surface area contributed by atoms with Gasteiger partial charge in [-0.3, -0.25) is 0 Å². The molecule has 0 atom stereocenters. The maximum absolute atomic E-state index is 4.37. The minimum Gasteiger partial charge on any atom is -0.385 e. The van der Waals surface area contributed by atoms with Crippen LogP contribution in [0.15, 0.2) is 49.4 Å². The van der Waals surface area contributed by atoms with E-state index in [1.807, 2.05) is 18.1 Å². The molecule has 0 amide bonds. The highest BCUT2D eigenvalue weighted by Gasteiger charge is 2.49. The minimum absolute atomic E-state index is 0.462. The van der Waals surface area contributed by atoms with Crippen LogP contribution in [0.3, 0.4) is 0 Å². The summed E-state index contributed by atoms with van der Waals surface area (Å²) in [6.07, 6.45) is 10.9. The van der Waals surface area contributed by atoms with Gasteiger partial charge in [0.25, 0.3) is 0 Å². The molecule has 2 nitrogen and oxygen atoms in total. The molecule has 0 saturated heterocycles. The number of likely N-dealkylation sites (N-methyl/N-ethyl adjacent to an activating group) is 1. The lowest BCUT2D eigenvalue weighted by Crippen LogP contribution is -2.47. The molecule has 0 aromatic heterocycles. The van der Waals surface area contributed by atoms with E-state index in [2.05, 4.69) is 38.6 Å². The van der Waals surface area contributed by atoms with E-state index in [0.717, 1.165) is 30.8 Å². The Labute approximate surface area is 143 Å². The molecule has 23 heavy (non-hydrogen) atoms. The zero-order chi connectivity index (χ0) is 17.1. The highest BCUT2D eigenvalue weighted by Crippen LogP contribution is 2.59. The van der Waals surface area contributed by atoms with Crippen LogP contribution in [-0.4, -0.2) is 25.0 Å². The van der Waals surface area contributed by atoms with E-state index in [9.17, 15) is 0 Å². The second-order valence-corrected chi connectivity index (χ2v) is 7.77. The summed E-state index contributed by atoms with van der Waals surface area (Å²) in [7, 11) is 2.01. The van der Waals surface area contributed by atoms with Crippen LogP contribution in [0.2, 0.25) is 0 Å². The molecule has 0 aromatic rings. The monoisotopic (exact) mass is 314 g/mol. The fourth-order valence-electron chi connectivity index (χ4n) is 4.31. The molecule has 0 radical (unpaired) electrons. The van der Waals surface area contributed by atoms with Gasteiger partial charge >= 0.3 is 0 Å². The maximum Gasteiger partial charge on any atom is 0.0434 e. The van der Waals surface area contributed by atoms with Crippen molar-refractivity contribution in [2.24, 2.45) is 10.8 Å². The van der Waals surface area contributed by atoms with Crippen LogP contribution in [0, 0.1) is 10.8 Å². The van der Waals surface area contributed by atoms with Crippen LogP contribution in [0.4, 0.5) is 0 Å². The van der Waals surface area contributed by atoms with E-state index in [1.165, 1.54) is 44.1 Å². The molecule has 0 aliphatic heterocycles. The average Bonchev–Trinajstić information content (AvgIpc) is 2.60. The maximum atomic E-state index is 4.37. The van der Waals surface area contributed by atoms with Crippen molar-refractivity contribution in [2.45, 2.75) is 51.9 Å². The highest BCUT2D eigenvalue weighted by molar-refractivity contribution is 5.26. The number of nitrogens with zero attached hydrogens (tertiary/aromatic N) is 1. The van der Waals surface area contributed by atoms with E-state index in [-0.39, 0.29) is 0 Å². The zero-order valence-corrected chi connectivity index (χ0v) is 15.2. The van der Waals surface area contributed by atoms with Gasteiger partial charge in [0.1, 0.15) is 0 Å². The predicted octanol–water partition coefficient (Wildman–Crippen LogP) is 5.03. The Morgan fingerprint density at radius 3 is 2.13 bits per heavy atom. The van der Waals surface area contributed by atoms with Crippen molar-refractivity contribution >= 4 is 0 Å². The van der Waals surface area contributed by atoms with Crippen LogP contribution >= 0.6 is 0 Å². The molecule has 0 unspecified atom stereocenters. The third-order valence-corrected chi connectivity index (χ3v) is 6.43. The molecule has 1 N–H and O–H groups in total. The first-order chi connectivity index (χ1) is 10.9. The van der Waals surface area contributed by atoms with Gasteiger partial charge in [-0.25, -0.2) is 0 Å². The van der Waals surface area contributed by atoms with Crippen LogP contribution in [-0.2, 0) is 0 Å². The Morgan fingerprint density at radius 2 is 1.65 bits per heavy atom. The van der Waals surface area contributed by atoms with Gasteiger partial charge in [0.15, 0.2) is 0 Å². The Balaban J connectivity index is 1.86. The minimum atomic E-state index is 0.462. The summed E-state index contributed by atoms with van der Waals surface area (Å²) in [5, 5.41) is 3.58. The second kappa shape index (κ2) is 6.98. The van der Waals surface area contributed by atoms with Gasteiger partial charge in [0.05, 0.1) is 0 Å². The molecule has 0 spiro atoms. The molecule has 2 bridgehead atoms. The van der Waals surface area contributed by atoms with Crippen molar-refractivity contribution in [3.8, 4) is 0 Å². The molecule has 2 heteroatoms. The summed E-state index contributed by atoms with van der Waals surface area (Å²) < 4.78 is 0. The lowest BCUT2D eigenvalue weighted by Gasteiger charge is -2.54. The van der Waals surface area contributed by atoms with Gasteiger partial charge in [0.2, 0.25) is 0 Å². The summed E-state index contributed by atoms with van der Waals surface area (Å²) in [5.41, 5.74) is 4.44. The lowest BCUT2D eigenvalue weighted by molar-refractivity contribution is 0.0154. The number of hydrogen-bond acceptors (Lipinski definition) is 2. The first-order valence-electron chi connectivity index (χ1n) is 8.98. The molecule has 3 fully saturated rings. The number of allylic oxidation sites excluding steroid dienone is 1. The summed E-state index contributed by atoms with van der Waals surface area (Å²) in [6.45, 7) is 20.5. The van der Waals surface area contributed by atoms with Crippen LogP contribution in [0.25, 0.3) is 0 Å². The smallest absolute Gasteiger partial charge is 0.0434 e. The fraction of sp³-hybridized carbons (Fsp3) is 0.619. The topological polar surface area (TPSA) is 15.3 Å². The summed E-state index contributed by atoms with van der Waals surface area (Å²) >= 11 is 0. The van der Waals surface area contributed by atoms with Gasteiger partial charge in [-0.2, -0.15) is 0 Å². The standard InChI is InChI=1S/C21H34N2/c1-7-18(4)21-12-9-20(10-13-21,11-14-21)16-22-19(5)17(3)15-23(6)8-2/h8,22H,2-5,7,9-16H2,1,6H3. The molecule has 3 aliphatic rings. The summed E-state index contributed by atoms with van der Waals surface area (Å²) in [4.78, 5) is 2.03. The Morgan fingerprint density at radius 1 is 1.09 bits per heavy atom. The second-order valence-electron chi connectivity index (χ2n) is 7.77. The number of rotatable bonds is 9. The van der Waals surface area contributed by atoms with E-state index < -0.39 is 0 Å². The van der Waals surface area contributed by atoms with Crippen molar-refractivity contribution < 1.29 is 0 Å². The third kappa shape index (κ3) is 3.73. The first kappa shape index (κ1) is 17.9. The van der Waals surface area contributed by atoms with Crippen molar-refractivity contribution in [3.05, 3.63) is 49.4 Å². The largest absolute Gasteiger partial charge is 0.385 e.